The van der Waals surface area contributed by atoms with Gasteiger partial charge in [-0.05, 0) is 52.7 Å². The Hall–Kier alpha value is -5.09. The zero-order valence-electron chi connectivity index (χ0n) is 19.4. The van der Waals surface area contributed by atoms with E-state index >= 15 is 0 Å². The molecule has 0 radical (unpaired) electrons. The number of rotatable bonds is 7. The van der Waals surface area contributed by atoms with E-state index in [9.17, 15) is 10.1 Å². The number of nitrogens with zero attached hydrogens (tertiary/aromatic N) is 2. The molecule has 1 N–H and O–H groups in total. The summed E-state index contributed by atoms with van der Waals surface area (Å²) in [6.45, 7) is 0.233. The molecule has 1 aromatic heterocycles. The van der Waals surface area contributed by atoms with Gasteiger partial charge in [-0.1, -0.05) is 48.5 Å². The molecule has 0 aliphatic rings. The zero-order chi connectivity index (χ0) is 24.9. The van der Waals surface area contributed by atoms with Gasteiger partial charge in [0.2, 0.25) is 0 Å². The lowest BCUT2D eigenvalue weighted by atomic mass is 10.1. The average Bonchev–Trinajstić information content (AvgIpc) is 3.37. The number of carbonyl (C=O) groups excluding carboxylic acids is 1. The number of nitriles is 1. The van der Waals surface area contributed by atoms with Gasteiger partial charge in [0.05, 0.1) is 25.0 Å². The molecule has 0 bridgehead atoms. The van der Waals surface area contributed by atoms with Crippen LogP contribution in [0.5, 0.6) is 11.5 Å². The van der Waals surface area contributed by atoms with E-state index < -0.39 is 5.91 Å². The fourth-order valence-electron chi connectivity index (χ4n) is 3.92. The highest BCUT2D eigenvalue weighted by atomic mass is 16.5. The molecule has 0 aliphatic heterocycles. The molecule has 1 amide bonds. The van der Waals surface area contributed by atoms with Crippen LogP contribution >= 0.6 is 0 Å². The minimum atomic E-state index is -0.449. The monoisotopic (exact) mass is 475 g/mol. The largest absolute Gasteiger partial charge is 0.493 e. The third-order valence-electron chi connectivity index (χ3n) is 5.74. The van der Waals surface area contributed by atoms with Crippen molar-refractivity contribution in [1.82, 2.24) is 5.43 Å². The summed E-state index contributed by atoms with van der Waals surface area (Å²) in [7, 11) is 1.54. The minimum Gasteiger partial charge on any atom is -0.493 e. The van der Waals surface area contributed by atoms with Gasteiger partial charge < -0.3 is 13.9 Å². The SMILES string of the molecule is COc1cc(/C=N\NC(=O)c2cc3c(ccc4ccccc43)o2)ccc1OCc1ccccc1C#N. The van der Waals surface area contributed by atoms with Crippen molar-refractivity contribution in [1.29, 1.82) is 5.26 Å². The van der Waals surface area contributed by atoms with Crippen molar-refractivity contribution in [2.75, 3.05) is 7.11 Å². The van der Waals surface area contributed by atoms with Crippen LogP contribution in [0, 0.1) is 11.3 Å². The maximum Gasteiger partial charge on any atom is 0.307 e. The number of amides is 1. The third kappa shape index (κ3) is 4.61. The van der Waals surface area contributed by atoms with E-state index in [1.165, 1.54) is 6.21 Å². The van der Waals surface area contributed by atoms with Crippen LogP contribution in [0.25, 0.3) is 21.7 Å². The van der Waals surface area contributed by atoms with E-state index in [-0.39, 0.29) is 12.4 Å². The summed E-state index contributed by atoms with van der Waals surface area (Å²) in [5.41, 5.74) is 5.19. The summed E-state index contributed by atoms with van der Waals surface area (Å²) in [5.74, 6) is 0.761. The minimum absolute atomic E-state index is 0.178. The van der Waals surface area contributed by atoms with Crippen LogP contribution in [0.2, 0.25) is 0 Å². The molecule has 5 aromatic rings. The molecule has 0 saturated heterocycles. The number of ether oxygens (including phenoxy) is 2. The van der Waals surface area contributed by atoms with E-state index in [0.29, 0.717) is 28.2 Å². The Morgan fingerprint density at radius 3 is 2.69 bits per heavy atom. The number of benzene rings is 4. The van der Waals surface area contributed by atoms with Crippen LogP contribution in [-0.4, -0.2) is 19.2 Å². The van der Waals surface area contributed by atoms with Gasteiger partial charge in [0, 0.05) is 10.9 Å². The number of hydrogen-bond donors (Lipinski definition) is 1. The number of hydrazone groups is 1. The number of hydrogen-bond acceptors (Lipinski definition) is 6. The predicted octanol–water partition coefficient (Wildman–Crippen LogP) is 5.81. The molecular weight excluding hydrogens is 454 g/mol. The van der Waals surface area contributed by atoms with Crippen LogP contribution in [0.1, 0.15) is 27.2 Å². The van der Waals surface area contributed by atoms with Crippen molar-refractivity contribution >= 4 is 33.9 Å². The fourth-order valence-corrected chi connectivity index (χ4v) is 3.92. The van der Waals surface area contributed by atoms with Gasteiger partial charge in [-0.3, -0.25) is 4.79 Å². The number of nitrogens with one attached hydrogen (secondary N) is 1. The standard InChI is InChI=1S/C29H21N3O4/c1-34-27-14-19(10-12-26(27)35-18-22-8-3-2-7-21(22)16-30)17-31-32-29(33)28-15-24-23-9-5-4-6-20(23)11-13-25(24)36-28/h2-15,17H,18H2,1H3,(H,32,33)/b31-17-. The van der Waals surface area contributed by atoms with Crippen molar-refractivity contribution in [3.8, 4) is 17.6 Å². The topological polar surface area (TPSA) is 96.8 Å². The smallest absolute Gasteiger partial charge is 0.307 e. The highest BCUT2D eigenvalue weighted by Crippen LogP contribution is 2.29. The van der Waals surface area contributed by atoms with Gasteiger partial charge in [0.15, 0.2) is 17.3 Å². The van der Waals surface area contributed by atoms with Crippen LogP contribution < -0.4 is 14.9 Å². The molecule has 0 atom stereocenters. The Morgan fingerprint density at radius 2 is 1.83 bits per heavy atom. The van der Waals surface area contributed by atoms with Gasteiger partial charge >= 0.3 is 5.91 Å². The van der Waals surface area contributed by atoms with E-state index in [0.717, 1.165) is 21.7 Å². The van der Waals surface area contributed by atoms with Gasteiger partial charge in [0.1, 0.15) is 12.2 Å². The van der Waals surface area contributed by atoms with E-state index in [4.69, 9.17) is 13.9 Å². The lowest BCUT2D eigenvalue weighted by molar-refractivity contribution is 0.0929. The summed E-state index contributed by atoms with van der Waals surface area (Å²) in [4.78, 5) is 12.6. The Labute approximate surface area is 207 Å². The normalized spacial score (nSPS) is 11.0. The third-order valence-corrected chi connectivity index (χ3v) is 5.74. The Kier molecular flexibility index (Phi) is 6.33. The number of furan rings is 1. The molecule has 7 nitrogen and oxygen atoms in total. The first-order chi connectivity index (χ1) is 17.7. The second-order valence-corrected chi connectivity index (χ2v) is 7.98. The van der Waals surface area contributed by atoms with Crippen molar-refractivity contribution in [2.45, 2.75) is 6.61 Å². The quantitative estimate of drug-likeness (QED) is 0.237. The molecule has 0 fully saturated rings. The second kappa shape index (κ2) is 10.0. The molecule has 5 rings (SSSR count). The second-order valence-electron chi connectivity index (χ2n) is 7.98. The summed E-state index contributed by atoms with van der Waals surface area (Å²) >= 11 is 0. The molecule has 0 saturated carbocycles. The van der Waals surface area contributed by atoms with Gasteiger partial charge in [0.25, 0.3) is 0 Å². The summed E-state index contributed by atoms with van der Waals surface area (Å²) in [6.07, 6.45) is 1.51. The maximum atomic E-state index is 12.6. The number of methoxy groups -OCH3 is 1. The summed E-state index contributed by atoms with van der Waals surface area (Å²) in [5, 5.41) is 16.3. The van der Waals surface area contributed by atoms with Crippen molar-refractivity contribution in [3.63, 3.8) is 0 Å². The average molecular weight is 476 g/mol. The van der Waals surface area contributed by atoms with E-state index in [2.05, 4.69) is 16.6 Å². The molecule has 0 unspecified atom stereocenters. The Bertz CT molecular complexity index is 1650. The lowest BCUT2D eigenvalue weighted by Gasteiger charge is -2.12. The van der Waals surface area contributed by atoms with Crippen molar-refractivity contribution in [2.24, 2.45) is 5.10 Å². The summed E-state index contributed by atoms with van der Waals surface area (Å²) < 4.78 is 17.0. The van der Waals surface area contributed by atoms with E-state index in [1.807, 2.05) is 54.6 Å². The van der Waals surface area contributed by atoms with Gasteiger partial charge in [-0.15, -0.1) is 0 Å². The molecule has 7 heteroatoms. The molecule has 176 valence electrons. The predicted molar refractivity (Wildman–Crippen MR) is 137 cm³/mol. The number of carbonyl (C=O) groups is 1. The van der Waals surface area contributed by atoms with Crippen molar-refractivity contribution in [3.05, 3.63) is 107 Å². The van der Waals surface area contributed by atoms with Gasteiger partial charge in [-0.25, -0.2) is 5.43 Å². The molecule has 0 aliphatic carbocycles. The van der Waals surface area contributed by atoms with E-state index in [1.54, 1.807) is 37.4 Å². The zero-order valence-corrected chi connectivity index (χ0v) is 19.4. The first-order valence-electron chi connectivity index (χ1n) is 11.2. The van der Waals surface area contributed by atoms with Crippen LogP contribution in [0.4, 0.5) is 0 Å². The Balaban J connectivity index is 1.27. The fraction of sp³-hybridized carbons (Fsp3) is 0.0690. The number of fused-ring (bicyclic) bond motifs is 3. The van der Waals surface area contributed by atoms with Gasteiger partial charge in [-0.2, -0.15) is 10.4 Å². The highest BCUT2D eigenvalue weighted by molar-refractivity contribution is 6.08. The molecule has 0 spiro atoms. The maximum absolute atomic E-state index is 12.6. The molecule has 1 heterocycles. The van der Waals surface area contributed by atoms with Crippen LogP contribution in [-0.2, 0) is 6.61 Å². The molecule has 4 aromatic carbocycles. The lowest BCUT2D eigenvalue weighted by Crippen LogP contribution is -2.16. The molecule has 36 heavy (non-hydrogen) atoms. The first kappa shape index (κ1) is 22.7. The summed E-state index contributed by atoms with van der Waals surface area (Å²) in [6, 6.07) is 28.2. The van der Waals surface area contributed by atoms with Crippen LogP contribution in [0.15, 0.2) is 94.4 Å². The van der Waals surface area contributed by atoms with Crippen molar-refractivity contribution < 1.29 is 18.7 Å². The first-order valence-corrected chi connectivity index (χ1v) is 11.2. The van der Waals surface area contributed by atoms with Crippen LogP contribution in [0.3, 0.4) is 0 Å². The Morgan fingerprint density at radius 1 is 1.00 bits per heavy atom. The molecular formula is C29H21N3O4. The highest BCUT2D eigenvalue weighted by Gasteiger charge is 2.13.